The maximum Gasteiger partial charge on any atom is 0.274 e. The lowest BCUT2D eigenvalue weighted by Gasteiger charge is -2.23. The Morgan fingerprint density at radius 2 is 2.00 bits per heavy atom. The minimum Gasteiger partial charge on any atom is -0.342 e. The fourth-order valence-corrected chi connectivity index (χ4v) is 3.59. The summed E-state index contributed by atoms with van der Waals surface area (Å²) in [6, 6.07) is 9.56. The van der Waals surface area contributed by atoms with E-state index in [-0.39, 0.29) is 24.2 Å². The Balaban J connectivity index is 1.38. The molecule has 1 saturated heterocycles. The zero-order valence-electron chi connectivity index (χ0n) is 16.2. The van der Waals surface area contributed by atoms with Gasteiger partial charge in [0.1, 0.15) is 0 Å². The SMILES string of the molecule is Cc1c(C(=O)NCC(=O)Nc2cccc3cccnc23)nnn1C1CCNCC1. The van der Waals surface area contributed by atoms with Crippen LogP contribution < -0.4 is 16.0 Å². The van der Waals surface area contributed by atoms with E-state index in [1.54, 1.807) is 12.3 Å². The van der Waals surface area contributed by atoms with Gasteiger partial charge in [-0.2, -0.15) is 0 Å². The number of amides is 2. The maximum absolute atomic E-state index is 12.5. The molecule has 0 bridgehead atoms. The van der Waals surface area contributed by atoms with Gasteiger partial charge in [0.25, 0.3) is 5.91 Å². The Hall–Kier alpha value is -3.33. The molecule has 0 saturated carbocycles. The zero-order valence-corrected chi connectivity index (χ0v) is 16.2. The van der Waals surface area contributed by atoms with Crippen LogP contribution in [0.3, 0.4) is 0 Å². The summed E-state index contributed by atoms with van der Waals surface area (Å²) in [5, 5.41) is 17.9. The summed E-state index contributed by atoms with van der Waals surface area (Å²) in [5.41, 5.74) is 2.28. The number of hydrogen-bond donors (Lipinski definition) is 3. The Morgan fingerprint density at radius 1 is 1.21 bits per heavy atom. The molecule has 0 spiro atoms. The van der Waals surface area contributed by atoms with E-state index in [2.05, 4.69) is 31.2 Å². The summed E-state index contributed by atoms with van der Waals surface area (Å²) < 4.78 is 1.82. The molecule has 2 aromatic heterocycles. The molecule has 2 amide bonds. The fraction of sp³-hybridized carbons (Fsp3) is 0.350. The van der Waals surface area contributed by atoms with Crippen LogP contribution in [0.1, 0.15) is 35.1 Å². The molecule has 4 rings (SSSR count). The van der Waals surface area contributed by atoms with Crippen LogP contribution in [0.25, 0.3) is 10.9 Å². The van der Waals surface area contributed by atoms with Crippen molar-refractivity contribution >= 4 is 28.4 Å². The lowest BCUT2D eigenvalue weighted by atomic mass is 10.1. The minimum absolute atomic E-state index is 0.165. The van der Waals surface area contributed by atoms with E-state index in [4.69, 9.17) is 0 Å². The van der Waals surface area contributed by atoms with Gasteiger partial charge in [0.2, 0.25) is 5.91 Å². The van der Waals surface area contributed by atoms with Gasteiger partial charge in [-0.25, -0.2) is 4.68 Å². The number of pyridine rings is 1. The van der Waals surface area contributed by atoms with Crippen molar-refractivity contribution in [3.63, 3.8) is 0 Å². The number of hydrogen-bond acceptors (Lipinski definition) is 6. The first-order chi connectivity index (χ1) is 14.1. The second kappa shape index (κ2) is 8.36. The van der Waals surface area contributed by atoms with Crippen molar-refractivity contribution in [1.82, 2.24) is 30.6 Å². The van der Waals surface area contributed by atoms with Crippen molar-refractivity contribution in [2.45, 2.75) is 25.8 Å². The van der Waals surface area contributed by atoms with Crippen molar-refractivity contribution in [1.29, 1.82) is 0 Å². The van der Waals surface area contributed by atoms with E-state index in [0.29, 0.717) is 16.9 Å². The molecule has 29 heavy (non-hydrogen) atoms. The van der Waals surface area contributed by atoms with Crippen molar-refractivity contribution < 1.29 is 9.59 Å². The van der Waals surface area contributed by atoms with Crippen LogP contribution in [-0.2, 0) is 4.79 Å². The molecule has 0 atom stereocenters. The van der Waals surface area contributed by atoms with E-state index < -0.39 is 5.91 Å². The van der Waals surface area contributed by atoms with E-state index in [1.165, 1.54) is 0 Å². The van der Waals surface area contributed by atoms with Crippen LogP contribution >= 0.6 is 0 Å². The highest BCUT2D eigenvalue weighted by Crippen LogP contribution is 2.21. The highest BCUT2D eigenvalue weighted by molar-refractivity contribution is 6.03. The van der Waals surface area contributed by atoms with E-state index in [9.17, 15) is 9.59 Å². The molecule has 3 N–H and O–H groups in total. The quantitative estimate of drug-likeness (QED) is 0.604. The van der Waals surface area contributed by atoms with Crippen molar-refractivity contribution in [2.75, 3.05) is 25.0 Å². The third-order valence-electron chi connectivity index (χ3n) is 5.11. The van der Waals surface area contributed by atoms with Gasteiger partial charge in [0.15, 0.2) is 5.69 Å². The molecule has 0 unspecified atom stereocenters. The predicted octanol–water partition coefficient (Wildman–Crippen LogP) is 1.43. The van der Waals surface area contributed by atoms with Gasteiger partial charge in [-0.1, -0.05) is 23.4 Å². The van der Waals surface area contributed by atoms with E-state index >= 15 is 0 Å². The molecule has 9 nitrogen and oxygen atoms in total. The Bertz CT molecular complexity index is 1030. The number of nitrogens with one attached hydrogen (secondary N) is 3. The summed E-state index contributed by atoms with van der Waals surface area (Å²) in [5.74, 6) is -0.742. The van der Waals surface area contributed by atoms with E-state index in [0.717, 1.165) is 31.3 Å². The normalized spacial score (nSPS) is 14.7. The third-order valence-corrected chi connectivity index (χ3v) is 5.11. The predicted molar refractivity (Wildman–Crippen MR) is 109 cm³/mol. The summed E-state index contributed by atoms with van der Waals surface area (Å²) >= 11 is 0. The topological polar surface area (TPSA) is 114 Å². The number of nitrogens with zero attached hydrogens (tertiary/aromatic N) is 4. The molecule has 1 aliphatic heterocycles. The maximum atomic E-state index is 12.5. The first-order valence-electron chi connectivity index (χ1n) is 9.68. The number of benzene rings is 1. The average molecular weight is 393 g/mol. The van der Waals surface area contributed by atoms with Crippen LogP contribution in [0.2, 0.25) is 0 Å². The lowest BCUT2D eigenvalue weighted by Crippen LogP contribution is -2.33. The summed E-state index contributed by atoms with van der Waals surface area (Å²) in [6.45, 7) is 3.52. The van der Waals surface area contributed by atoms with Crippen molar-refractivity contribution in [3.05, 3.63) is 47.9 Å². The highest BCUT2D eigenvalue weighted by Gasteiger charge is 2.23. The second-order valence-corrected chi connectivity index (χ2v) is 7.06. The van der Waals surface area contributed by atoms with Gasteiger partial charge in [-0.3, -0.25) is 14.6 Å². The molecular formula is C20H23N7O2. The molecule has 1 fully saturated rings. The second-order valence-electron chi connectivity index (χ2n) is 7.06. The summed E-state index contributed by atoms with van der Waals surface area (Å²) in [6.07, 6.45) is 3.58. The Morgan fingerprint density at radius 3 is 2.83 bits per heavy atom. The minimum atomic E-state index is -0.408. The molecule has 0 aliphatic carbocycles. The van der Waals surface area contributed by atoms with Gasteiger partial charge in [0.05, 0.1) is 29.5 Å². The first-order valence-corrected chi connectivity index (χ1v) is 9.68. The van der Waals surface area contributed by atoms with E-state index in [1.807, 2.05) is 35.9 Å². The largest absolute Gasteiger partial charge is 0.342 e. The Kier molecular flexibility index (Phi) is 5.48. The summed E-state index contributed by atoms with van der Waals surface area (Å²) in [7, 11) is 0. The summed E-state index contributed by atoms with van der Waals surface area (Å²) in [4.78, 5) is 29.1. The van der Waals surface area contributed by atoms with Crippen LogP contribution in [0.15, 0.2) is 36.5 Å². The highest BCUT2D eigenvalue weighted by atomic mass is 16.2. The van der Waals surface area contributed by atoms with Crippen LogP contribution in [0, 0.1) is 6.92 Å². The Labute approximate surface area is 167 Å². The molecule has 3 aromatic rings. The van der Waals surface area contributed by atoms with Crippen LogP contribution in [-0.4, -0.2) is 51.4 Å². The number of anilines is 1. The smallest absolute Gasteiger partial charge is 0.274 e. The number of para-hydroxylation sites is 1. The fourth-order valence-electron chi connectivity index (χ4n) is 3.59. The van der Waals surface area contributed by atoms with Crippen molar-refractivity contribution in [3.8, 4) is 0 Å². The van der Waals surface area contributed by atoms with Crippen molar-refractivity contribution in [2.24, 2.45) is 0 Å². The standard InChI is InChI=1S/C20H23N7O2/c1-13-18(25-26-27(13)15-7-10-21-11-8-15)20(29)23-12-17(28)24-16-6-2-4-14-5-3-9-22-19(14)16/h2-6,9,15,21H,7-8,10-12H2,1H3,(H,23,29)(H,24,28). The van der Waals surface area contributed by atoms with Gasteiger partial charge in [-0.05, 0) is 45.0 Å². The number of piperidine rings is 1. The molecule has 0 radical (unpaired) electrons. The van der Waals surface area contributed by atoms with Gasteiger partial charge >= 0.3 is 0 Å². The van der Waals surface area contributed by atoms with Crippen LogP contribution in [0.4, 0.5) is 5.69 Å². The monoisotopic (exact) mass is 393 g/mol. The molecule has 3 heterocycles. The third kappa shape index (κ3) is 4.09. The molecular weight excluding hydrogens is 370 g/mol. The molecule has 9 heteroatoms. The molecule has 1 aromatic carbocycles. The number of aromatic nitrogens is 4. The van der Waals surface area contributed by atoms with Gasteiger partial charge in [0, 0.05) is 11.6 Å². The van der Waals surface area contributed by atoms with Gasteiger partial charge < -0.3 is 16.0 Å². The first kappa shape index (κ1) is 19.0. The zero-order chi connectivity index (χ0) is 20.2. The number of carbonyl (C=O) groups is 2. The lowest BCUT2D eigenvalue weighted by molar-refractivity contribution is -0.115. The molecule has 1 aliphatic rings. The number of rotatable bonds is 5. The number of carbonyl (C=O) groups excluding carboxylic acids is 2. The van der Waals surface area contributed by atoms with Crippen LogP contribution in [0.5, 0.6) is 0 Å². The average Bonchev–Trinajstić information content (AvgIpc) is 3.14. The number of fused-ring (bicyclic) bond motifs is 1. The van der Waals surface area contributed by atoms with Gasteiger partial charge in [-0.15, -0.1) is 5.10 Å². The molecule has 150 valence electrons.